The van der Waals surface area contributed by atoms with Crippen LogP contribution in [0.4, 0.5) is 16.2 Å². The van der Waals surface area contributed by atoms with Gasteiger partial charge < -0.3 is 16.4 Å². The molecule has 1 aromatic carbocycles. The summed E-state index contributed by atoms with van der Waals surface area (Å²) < 4.78 is 0. The molecule has 1 unspecified atom stereocenters. The normalized spacial score (nSPS) is 11.9. The predicted octanol–water partition coefficient (Wildman–Crippen LogP) is 2.53. The number of carbonyl (C=O) groups excluding carboxylic acids is 1. The van der Waals surface area contributed by atoms with Gasteiger partial charge in [-0.3, -0.25) is 0 Å². The van der Waals surface area contributed by atoms with Crippen LogP contribution in [0.2, 0.25) is 0 Å². The van der Waals surface area contributed by atoms with E-state index in [0.29, 0.717) is 11.4 Å². The Hall–Kier alpha value is -1.36. The minimum atomic E-state index is -0.191. The van der Waals surface area contributed by atoms with Crippen LogP contribution >= 0.6 is 11.8 Å². The van der Waals surface area contributed by atoms with Crippen molar-refractivity contribution in [2.45, 2.75) is 19.4 Å². The fourth-order valence-electron chi connectivity index (χ4n) is 1.37. The fourth-order valence-corrected chi connectivity index (χ4v) is 1.96. The molecular formula is C12H19N3OS. The Balaban J connectivity index is 2.39. The lowest BCUT2D eigenvalue weighted by Gasteiger charge is -2.14. The van der Waals surface area contributed by atoms with Crippen molar-refractivity contribution in [3.05, 3.63) is 24.3 Å². The van der Waals surface area contributed by atoms with Crippen LogP contribution in [-0.4, -0.2) is 24.1 Å². The van der Waals surface area contributed by atoms with Crippen LogP contribution in [0.25, 0.3) is 0 Å². The average molecular weight is 253 g/mol. The van der Waals surface area contributed by atoms with Crippen LogP contribution in [-0.2, 0) is 0 Å². The molecule has 0 heterocycles. The summed E-state index contributed by atoms with van der Waals surface area (Å²) in [6.07, 6.45) is 3.02. The molecule has 2 amide bonds. The third kappa shape index (κ3) is 5.49. The van der Waals surface area contributed by atoms with E-state index in [1.54, 1.807) is 23.9 Å². The zero-order chi connectivity index (χ0) is 12.7. The van der Waals surface area contributed by atoms with E-state index in [1.807, 2.05) is 19.1 Å². The maximum atomic E-state index is 11.6. The molecular weight excluding hydrogens is 234 g/mol. The molecule has 0 aromatic heterocycles. The second kappa shape index (κ2) is 7.06. The monoisotopic (exact) mass is 253 g/mol. The van der Waals surface area contributed by atoms with Gasteiger partial charge in [-0.25, -0.2) is 4.79 Å². The van der Waals surface area contributed by atoms with Crippen molar-refractivity contribution in [1.82, 2.24) is 5.32 Å². The molecule has 1 atom stereocenters. The summed E-state index contributed by atoms with van der Waals surface area (Å²) in [4.78, 5) is 11.6. The molecule has 94 valence electrons. The first-order chi connectivity index (χ1) is 8.11. The first-order valence-electron chi connectivity index (χ1n) is 5.54. The van der Waals surface area contributed by atoms with E-state index in [2.05, 4.69) is 16.9 Å². The number of carbonyl (C=O) groups is 1. The molecule has 17 heavy (non-hydrogen) atoms. The Morgan fingerprint density at radius 1 is 1.53 bits per heavy atom. The summed E-state index contributed by atoms with van der Waals surface area (Å²) in [7, 11) is 0. The van der Waals surface area contributed by atoms with Crippen LogP contribution < -0.4 is 16.4 Å². The Bertz CT molecular complexity index is 371. The van der Waals surface area contributed by atoms with E-state index in [0.717, 1.165) is 12.2 Å². The van der Waals surface area contributed by atoms with Gasteiger partial charge in [-0.1, -0.05) is 6.07 Å². The van der Waals surface area contributed by atoms with E-state index in [1.165, 1.54) is 0 Å². The van der Waals surface area contributed by atoms with Crippen LogP contribution in [0.15, 0.2) is 24.3 Å². The number of nitrogens with one attached hydrogen (secondary N) is 2. The quantitative estimate of drug-likeness (QED) is 0.706. The predicted molar refractivity (Wildman–Crippen MR) is 75.5 cm³/mol. The van der Waals surface area contributed by atoms with Crippen LogP contribution in [0.5, 0.6) is 0 Å². The number of anilines is 2. The number of thioether (sulfide) groups is 1. The summed E-state index contributed by atoms with van der Waals surface area (Å²) in [5, 5.41) is 5.63. The molecule has 0 fully saturated rings. The molecule has 0 spiro atoms. The number of hydrogen-bond acceptors (Lipinski definition) is 3. The summed E-state index contributed by atoms with van der Waals surface area (Å²) in [6.45, 7) is 2.00. The van der Waals surface area contributed by atoms with Gasteiger partial charge in [-0.05, 0) is 43.6 Å². The zero-order valence-corrected chi connectivity index (χ0v) is 11.0. The number of nitrogen functional groups attached to an aromatic ring is 1. The van der Waals surface area contributed by atoms with Crippen LogP contribution in [0, 0.1) is 0 Å². The second-order valence-corrected chi connectivity index (χ2v) is 4.89. The molecule has 4 N–H and O–H groups in total. The molecule has 0 bridgehead atoms. The van der Waals surface area contributed by atoms with Gasteiger partial charge in [0.2, 0.25) is 0 Å². The lowest BCUT2D eigenvalue weighted by Crippen LogP contribution is -2.36. The van der Waals surface area contributed by atoms with Crippen LogP contribution in [0.1, 0.15) is 13.3 Å². The number of amides is 2. The summed E-state index contributed by atoms with van der Waals surface area (Å²) >= 11 is 1.77. The molecule has 5 heteroatoms. The third-order valence-electron chi connectivity index (χ3n) is 2.28. The number of benzene rings is 1. The summed E-state index contributed by atoms with van der Waals surface area (Å²) in [6, 6.07) is 7.11. The number of rotatable bonds is 5. The SMILES string of the molecule is CSCCC(C)NC(=O)Nc1cccc(N)c1. The fraction of sp³-hybridized carbons (Fsp3) is 0.417. The summed E-state index contributed by atoms with van der Waals surface area (Å²) in [5.41, 5.74) is 6.97. The van der Waals surface area contributed by atoms with E-state index in [-0.39, 0.29) is 12.1 Å². The van der Waals surface area contributed by atoms with Gasteiger partial charge in [0.25, 0.3) is 0 Å². The van der Waals surface area contributed by atoms with Crippen molar-refractivity contribution >= 4 is 29.2 Å². The molecule has 0 radical (unpaired) electrons. The van der Waals surface area contributed by atoms with Gasteiger partial charge in [-0.2, -0.15) is 11.8 Å². The largest absolute Gasteiger partial charge is 0.399 e. The highest BCUT2D eigenvalue weighted by Gasteiger charge is 2.06. The average Bonchev–Trinajstić information content (AvgIpc) is 2.26. The highest BCUT2D eigenvalue weighted by molar-refractivity contribution is 7.98. The lowest BCUT2D eigenvalue weighted by molar-refractivity contribution is 0.249. The van der Waals surface area contributed by atoms with Gasteiger partial charge in [0.05, 0.1) is 0 Å². The van der Waals surface area contributed by atoms with E-state index in [9.17, 15) is 4.79 Å². The van der Waals surface area contributed by atoms with Gasteiger partial charge in [-0.15, -0.1) is 0 Å². The van der Waals surface area contributed by atoms with Crippen molar-refractivity contribution in [3.8, 4) is 0 Å². The van der Waals surface area contributed by atoms with Crippen molar-refractivity contribution in [2.75, 3.05) is 23.1 Å². The Labute approximate surface area is 106 Å². The van der Waals surface area contributed by atoms with E-state index in [4.69, 9.17) is 5.73 Å². The smallest absolute Gasteiger partial charge is 0.319 e. The van der Waals surface area contributed by atoms with Gasteiger partial charge in [0, 0.05) is 17.4 Å². The van der Waals surface area contributed by atoms with Gasteiger partial charge in [0.1, 0.15) is 0 Å². The molecule has 4 nitrogen and oxygen atoms in total. The third-order valence-corrected chi connectivity index (χ3v) is 2.92. The number of urea groups is 1. The van der Waals surface area contributed by atoms with E-state index >= 15 is 0 Å². The van der Waals surface area contributed by atoms with Gasteiger partial charge in [0.15, 0.2) is 0 Å². The van der Waals surface area contributed by atoms with Crippen molar-refractivity contribution in [1.29, 1.82) is 0 Å². The summed E-state index contributed by atoms with van der Waals surface area (Å²) in [5.74, 6) is 1.04. The minimum absolute atomic E-state index is 0.170. The maximum absolute atomic E-state index is 11.6. The second-order valence-electron chi connectivity index (χ2n) is 3.91. The van der Waals surface area contributed by atoms with E-state index < -0.39 is 0 Å². The molecule has 1 rings (SSSR count). The Morgan fingerprint density at radius 2 is 2.29 bits per heavy atom. The first-order valence-corrected chi connectivity index (χ1v) is 6.93. The number of hydrogen-bond donors (Lipinski definition) is 3. The first kappa shape index (κ1) is 13.7. The van der Waals surface area contributed by atoms with Crippen molar-refractivity contribution in [2.24, 2.45) is 0 Å². The Morgan fingerprint density at radius 3 is 2.94 bits per heavy atom. The zero-order valence-electron chi connectivity index (χ0n) is 10.2. The molecule has 0 aliphatic carbocycles. The molecule has 0 saturated heterocycles. The maximum Gasteiger partial charge on any atom is 0.319 e. The highest BCUT2D eigenvalue weighted by atomic mass is 32.2. The molecule has 0 aliphatic heterocycles. The number of nitrogens with two attached hydrogens (primary N) is 1. The van der Waals surface area contributed by atoms with Gasteiger partial charge >= 0.3 is 6.03 Å². The highest BCUT2D eigenvalue weighted by Crippen LogP contribution is 2.11. The molecule has 0 saturated carbocycles. The Kier molecular flexibility index (Phi) is 5.69. The topological polar surface area (TPSA) is 67.2 Å². The lowest BCUT2D eigenvalue weighted by atomic mass is 10.2. The molecule has 1 aromatic rings. The minimum Gasteiger partial charge on any atom is -0.399 e. The standard InChI is InChI=1S/C12H19N3OS/c1-9(6-7-17-2)14-12(16)15-11-5-3-4-10(13)8-11/h3-5,8-9H,6-7,13H2,1-2H3,(H2,14,15,16). The van der Waals surface area contributed by atoms with Crippen molar-refractivity contribution in [3.63, 3.8) is 0 Å². The van der Waals surface area contributed by atoms with Crippen molar-refractivity contribution < 1.29 is 4.79 Å². The van der Waals surface area contributed by atoms with Crippen LogP contribution in [0.3, 0.4) is 0 Å². The molecule has 0 aliphatic rings.